The van der Waals surface area contributed by atoms with Crippen molar-refractivity contribution in [3.63, 3.8) is 0 Å². The maximum atomic E-state index is 12.7. The zero-order valence-electron chi connectivity index (χ0n) is 15.3. The van der Waals surface area contributed by atoms with E-state index in [2.05, 4.69) is 0 Å². The first kappa shape index (κ1) is 21.0. The molecule has 0 amide bonds. The van der Waals surface area contributed by atoms with E-state index in [9.17, 15) is 16.8 Å². The highest BCUT2D eigenvalue weighted by molar-refractivity contribution is 7.92. The zero-order chi connectivity index (χ0) is 20.4. The highest BCUT2D eigenvalue weighted by atomic mass is 35.5. The predicted molar refractivity (Wildman–Crippen MR) is 111 cm³/mol. The number of nitrogens with zero attached hydrogens (tertiary/aromatic N) is 2. The maximum absolute atomic E-state index is 12.7. The molecule has 2 aromatic carbocycles. The Labute approximate surface area is 171 Å². The van der Waals surface area contributed by atoms with Crippen LogP contribution in [0.3, 0.4) is 0 Å². The molecule has 6 nitrogen and oxygen atoms in total. The van der Waals surface area contributed by atoms with Gasteiger partial charge in [0.05, 0.1) is 4.90 Å². The molecule has 1 aliphatic heterocycles. The molecule has 0 spiro atoms. The minimum atomic E-state index is -3.63. The smallest absolute Gasteiger partial charge is 0.208 e. The summed E-state index contributed by atoms with van der Waals surface area (Å²) in [5, 5.41) is 1.71. The number of sulfonamides is 2. The SMILES string of the molecule is Cc1ccc(S(=O)(=O)N2CCN(S(=O)(=O)C=Cc3ccc(Cl)cc3)CC2)cc1. The van der Waals surface area contributed by atoms with Crippen molar-refractivity contribution < 1.29 is 16.8 Å². The lowest BCUT2D eigenvalue weighted by molar-refractivity contribution is 0.275. The molecule has 150 valence electrons. The molecule has 1 aliphatic rings. The predicted octanol–water partition coefficient (Wildman–Crippen LogP) is 2.96. The molecular formula is C19H21ClN2O4S2. The summed E-state index contributed by atoms with van der Waals surface area (Å²) in [5.41, 5.74) is 1.69. The lowest BCUT2D eigenvalue weighted by Crippen LogP contribution is -2.49. The van der Waals surface area contributed by atoms with Gasteiger partial charge in [0.25, 0.3) is 0 Å². The molecule has 0 aliphatic carbocycles. The van der Waals surface area contributed by atoms with E-state index in [4.69, 9.17) is 11.6 Å². The third-order valence-corrected chi connectivity index (χ3v) is 8.25. The number of halogens is 1. The quantitative estimate of drug-likeness (QED) is 0.716. The van der Waals surface area contributed by atoms with Crippen LogP contribution in [-0.4, -0.2) is 51.6 Å². The van der Waals surface area contributed by atoms with Crippen molar-refractivity contribution in [2.45, 2.75) is 11.8 Å². The molecular weight excluding hydrogens is 420 g/mol. The highest BCUT2D eigenvalue weighted by Crippen LogP contribution is 2.20. The number of piperazine rings is 1. The molecule has 1 heterocycles. The van der Waals surface area contributed by atoms with Crippen LogP contribution in [0.1, 0.15) is 11.1 Å². The van der Waals surface area contributed by atoms with Crippen LogP contribution in [0.15, 0.2) is 58.8 Å². The normalized spacial score (nSPS) is 17.2. The number of hydrogen-bond acceptors (Lipinski definition) is 4. The summed E-state index contributed by atoms with van der Waals surface area (Å²) < 4.78 is 53.1. The average Bonchev–Trinajstić information content (AvgIpc) is 2.68. The number of rotatable bonds is 5. The lowest BCUT2D eigenvalue weighted by atomic mass is 10.2. The summed E-state index contributed by atoms with van der Waals surface area (Å²) in [6, 6.07) is 13.4. The first-order valence-corrected chi connectivity index (χ1v) is 12.0. The van der Waals surface area contributed by atoms with Crippen LogP contribution in [0.25, 0.3) is 6.08 Å². The minimum Gasteiger partial charge on any atom is -0.208 e. The molecule has 3 rings (SSSR count). The Morgan fingerprint density at radius 1 is 0.821 bits per heavy atom. The van der Waals surface area contributed by atoms with E-state index >= 15 is 0 Å². The Balaban J connectivity index is 1.67. The molecule has 0 radical (unpaired) electrons. The van der Waals surface area contributed by atoms with E-state index in [0.717, 1.165) is 11.0 Å². The summed E-state index contributed by atoms with van der Waals surface area (Å²) in [6.45, 7) is 2.34. The first-order valence-electron chi connectivity index (χ1n) is 8.69. The van der Waals surface area contributed by atoms with E-state index in [0.29, 0.717) is 10.6 Å². The fourth-order valence-electron chi connectivity index (χ4n) is 2.85. The monoisotopic (exact) mass is 440 g/mol. The average molecular weight is 441 g/mol. The van der Waals surface area contributed by atoms with Crippen molar-refractivity contribution in [3.8, 4) is 0 Å². The maximum Gasteiger partial charge on any atom is 0.243 e. The molecule has 1 fully saturated rings. The number of hydrogen-bond donors (Lipinski definition) is 0. The third kappa shape index (κ3) is 4.82. The van der Waals surface area contributed by atoms with Gasteiger partial charge in [-0.25, -0.2) is 16.8 Å². The van der Waals surface area contributed by atoms with Crippen LogP contribution in [0.4, 0.5) is 0 Å². The van der Waals surface area contributed by atoms with Gasteiger partial charge in [-0.15, -0.1) is 0 Å². The minimum absolute atomic E-state index is 0.110. The van der Waals surface area contributed by atoms with Gasteiger partial charge in [0.1, 0.15) is 0 Å². The summed E-state index contributed by atoms with van der Waals surface area (Å²) in [5.74, 6) is 0. The van der Waals surface area contributed by atoms with Gasteiger partial charge in [-0.3, -0.25) is 0 Å². The Bertz CT molecular complexity index is 1060. The molecule has 0 N–H and O–H groups in total. The van der Waals surface area contributed by atoms with Gasteiger partial charge in [0, 0.05) is 36.6 Å². The van der Waals surface area contributed by atoms with Crippen LogP contribution < -0.4 is 0 Å². The molecule has 0 saturated carbocycles. The molecule has 2 aromatic rings. The second-order valence-electron chi connectivity index (χ2n) is 6.52. The second-order valence-corrected chi connectivity index (χ2v) is 10.7. The molecule has 0 aromatic heterocycles. The van der Waals surface area contributed by atoms with Crippen molar-refractivity contribution in [2.24, 2.45) is 0 Å². The van der Waals surface area contributed by atoms with Crippen molar-refractivity contribution in [1.29, 1.82) is 0 Å². The van der Waals surface area contributed by atoms with Crippen molar-refractivity contribution in [3.05, 3.63) is 70.1 Å². The van der Waals surface area contributed by atoms with E-state index in [1.54, 1.807) is 48.5 Å². The van der Waals surface area contributed by atoms with Crippen LogP contribution in [0.2, 0.25) is 5.02 Å². The summed E-state index contributed by atoms with van der Waals surface area (Å²) >= 11 is 5.82. The highest BCUT2D eigenvalue weighted by Gasteiger charge is 2.31. The van der Waals surface area contributed by atoms with Gasteiger partial charge < -0.3 is 0 Å². The van der Waals surface area contributed by atoms with E-state index in [1.807, 2.05) is 6.92 Å². The van der Waals surface area contributed by atoms with Crippen LogP contribution in [0, 0.1) is 6.92 Å². The van der Waals surface area contributed by atoms with Crippen molar-refractivity contribution in [2.75, 3.05) is 26.2 Å². The number of benzene rings is 2. The van der Waals surface area contributed by atoms with Gasteiger partial charge in [0.2, 0.25) is 20.0 Å². The first-order chi connectivity index (χ1) is 13.2. The van der Waals surface area contributed by atoms with Crippen molar-refractivity contribution >= 4 is 37.7 Å². The van der Waals surface area contributed by atoms with Crippen LogP contribution >= 0.6 is 11.6 Å². The molecule has 0 atom stereocenters. The van der Waals surface area contributed by atoms with Gasteiger partial charge >= 0.3 is 0 Å². The molecule has 1 saturated heterocycles. The van der Waals surface area contributed by atoms with Gasteiger partial charge in [0.15, 0.2) is 0 Å². The molecule has 0 unspecified atom stereocenters. The fourth-order valence-corrected chi connectivity index (χ4v) is 5.57. The third-order valence-electron chi connectivity index (χ3n) is 4.52. The van der Waals surface area contributed by atoms with Crippen LogP contribution in [-0.2, 0) is 20.0 Å². The number of aryl methyl sites for hydroxylation is 1. The Morgan fingerprint density at radius 3 is 1.93 bits per heavy atom. The van der Waals surface area contributed by atoms with Gasteiger partial charge in [-0.1, -0.05) is 41.4 Å². The second kappa shape index (κ2) is 8.34. The summed E-state index contributed by atoms with van der Waals surface area (Å²) in [6.07, 6.45) is 1.50. The standard InChI is InChI=1S/C19H21ClN2O4S2/c1-16-2-8-19(9-3-16)28(25,26)22-13-11-21(12-14-22)27(23,24)15-10-17-4-6-18(20)7-5-17/h2-10,15H,11-14H2,1H3. The Hall–Kier alpha value is -1.71. The lowest BCUT2D eigenvalue weighted by Gasteiger charge is -2.32. The van der Waals surface area contributed by atoms with E-state index in [1.165, 1.54) is 14.7 Å². The molecule has 0 bridgehead atoms. The van der Waals surface area contributed by atoms with E-state index < -0.39 is 20.0 Å². The fraction of sp³-hybridized carbons (Fsp3) is 0.263. The summed E-state index contributed by atoms with van der Waals surface area (Å²) in [4.78, 5) is 0.219. The topological polar surface area (TPSA) is 74.8 Å². The van der Waals surface area contributed by atoms with Crippen molar-refractivity contribution in [1.82, 2.24) is 8.61 Å². The summed E-state index contributed by atoms with van der Waals surface area (Å²) in [7, 11) is -7.26. The van der Waals surface area contributed by atoms with Crippen LogP contribution in [0.5, 0.6) is 0 Å². The largest absolute Gasteiger partial charge is 0.243 e. The Kier molecular flexibility index (Phi) is 6.26. The molecule has 28 heavy (non-hydrogen) atoms. The van der Waals surface area contributed by atoms with Gasteiger partial charge in [-0.05, 0) is 42.8 Å². The van der Waals surface area contributed by atoms with Gasteiger partial charge in [-0.2, -0.15) is 8.61 Å². The zero-order valence-corrected chi connectivity index (χ0v) is 17.7. The van der Waals surface area contributed by atoms with E-state index in [-0.39, 0.29) is 31.1 Å². The Morgan fingerprint density at radius 2 is 1.36 bits per heavy atom. The molecule has 9 heteroatoms.